The highest BCUT2D eigenvalue weighted by Crippen LogP contribution is 2.30. The molecule has 0 bridgehead atoms. The normalized spacial score (nSPS) is 18.4. The maximum absolute atomic E-state index is 11.4. The van der Waals surface area contributed by atoms with Gasteiger partial charge in [-0.25, -0.2) is 9.78 Å². The summed E-state index contributed by atoms with van der Waals surface area (Å²) < 4.78 is 5.22. The monoisotopic (exact) mass is 429 g/mol. The predicted octanol–water partition coefficient (Wildman–Crippen LogP) is 2.66. The summed E-state index contributed by atoms with van der Waals surface area (Å²) in [7, 11) is 0. The average molecular weight is 429 g/mol. The second kappa shape index (κ2) is 8.32. The molecule has 9 heteroatoms. The largest absolute Gasteiger partial charge is 0.412 e. The zero-order chi connectivity index (χ0) is 22.1. The summed E-state index contributed by atoms with van der Waals surface area (Å²) >= 11 is 0. The number of hydrogen-bond acceptors (Lipinski definition) is 7. The van der Waals surface area contributed by atoms with E-state index in [2.05, 4.69) is 43.3 Å². The highest BCUT2D eigenvalue weighted by molar-refractivity contribution is 5.74. The van der Waals surface area contributed by atoms with E-state index in [1.54, 1.807) is 12.3 Å². The predicted molar refractivity (Wildman–Crippen MR) is 118 cm³/mol. The third-order valence-corrected chi connectivity index (χ3v) is 5.97. The van der Waals surface area contributed by atoms with Gasteiger partial charge in [0.2, 0.25) is 0 Å². The van der Waals surface area contributed by atoms with Gasteiger partial charge in [0.1, 0.15) is 11.6 Å². The van der Waals surface area contributed by atoms with Crippen molar-refractivity contribution in [1.29, 1.82) is 5.26 Å². The van der Waals surface area contributed by atoms with E-state index in [-0.39, 0.29) is 6.04 Å². The van der Waals surface area contributed by atoms with Crippen LogP contribution in [0.1, 0.15) is 23.6 Å². The summed E-state index contributed by atoms with van der Waals surface area (Å²) in [6, 6.07) is 11.8. The van der Waals surface area contributed by atoms with Gasteiger partial charge in [0.05, 0.1) is 23.5 Å². The minimum Gasteiger partial charge on any atom is -0.410 e. The number of carbonyl (C=O) groups is 1. The number of fused-ring (bicyclic) bond motifs is 1. The molecule has 0 radical (unpaired) electrons. The lowest BCUT2D eigenvalue weighted by molar-refractivity contribution is 0.194. The van der Waals surface area contributed by atoms with Crippen molar-refractivity contribution < 1.29 is 9.53 Å². The minimum atomic E-state index is -0.421. The van der Waals surface area contributed by atoms with Gasteiger partial charge in [-0.2, -0.15) is 10.4 Å². The molecule has 2 aliphatic heterocycles. The first-order chi connectivity index (χ1) is 15.6. The molecular weight excluding hydrogens is 406 g/mol. The summed E-state index contributed by atoms with van der Waals surface area (Å²) in [5.41, 5.74) is 4.68. The highest BCUT2D eigenvalue weighted by Gasteiger charge is 2.26. The van der Waals surface area contributed by atoms with Crippen molar-refractivity contribution >= 4 is 11.9 Å². The Balaban J connectivity index is 1.29. The Labute approximate surface area is 185 Å². The fraction of sp³-hybridized carbons (Fsp3) is 0.304. The number of nitriles is 1. The number of carbonyl (C=O) groups excluding carboxylic acids is 1. The number of H-pyrrole nitrogens is 1. The van der Waals surface area contributed by atoms with Crippen LogP contribution in [0.3, 0.4) is 0 Å². The zero-order valence-corrected chi connectivity index (χ0v) is 17.7. The molecule has 2 N–H and O–H groups in total. The lowest BCUT2D eigenvalue weighted by Gasteiger charge is -2.40. The van der Waals surface area contributed by atoms with Crippen LogP contribution in [0.5, 0.6) is 5.75 Å². The van der Waals surface area contributed by atoms with Gasteiger partial charge < -0.3 is 15.0 Å². The van der Waals surface area contributed by atoms with Gasteiger partial charge in [-0.05, 0) is 37.3 Å². The number of hydrogen-bond donors (Lipinski definition) is 2. The van der Waals surface area contributed by atoms with Gasteiger partial charge in [0.25, 0.3) is 0 Å². The van der Waals surface area contributed by atoms with E-state index in [0.717, 1.165) is 54.4 Å². The van der Waals surface area contributed by atoms with Crippen molar-refractivity contribution in [3.8, 4) is 23.1 Å². The van der Waals surface area contributed by atoms with Crippen LogP contribution in [-0.2, 0) is 13.1 Å². The number of rotatable bonds is 4. The van der Waals surface area contributed by atoms with Gasteiger partial charge in [-0.3, -0.25) is 10.00 Å². The Morgan fingerprint density at radius 1 is 1.28 bits per heavy atom. The molecule has 2 aromatic heterocycles. The number of ether oxygens (including phenoxy) is 1. The molecule has 0 unspecified atom stereocenters. The maximum Gasteiger partial charge on any atom is 0.412 e. The number of pyridine rings is 1. The number of piperazine rings is 1. The molecule has 0 spiro atoms. The van der Waals surface area contributed by atoms with Gasteiger partial charge >= 0.3 is 6.09 Å². The van der Waals surface area contributed by atoms with Gasteiger partial charge in [-0.1, -0.05) is 0 Å². The molecule has 0 saturated carbocycles. The van der Waals surface area contributed by atoms with E-state index >= 15 is 0 Å². The first-order valence-electron chi connectivity index (χ1n) is 10.6. The topological polar surface area (TPSA) is 110 Å². The van der Waals surface area contributed by atoms with Crippen molar-refractivity contribution in [3.05, 3.63) is 59.4 Å². The quantitative estimate of drug-likeness (QED) is 0.656. The molecular formula is C23H23N7O2. The first-order valence-corrected chi connectivity index (χ1v) is 10.6. The number of nitrogens with one attached hydrogen (secondary N) is 2. The van der Waals surface area contributed by atoms with Crippen LogP contribution in [-0.4, -0.2) is 51.9 Å². The van der Waals surface area contributed by atoms with E-state index in [1.807, 2.05) is 30.5 Å². The molecule has 1 fully saturated rings. The third-order valence-electron chi connectivity index (χ3n) is 5.97. The van der Waals surface area contributed by atoms with Crippen LogP contribution in [0.15, 0.2) is 42.7 Å². The number of anilines is 1. The molecule has 9 nitrogen and oxygen atoms in total. The molecule has 2 aliphatic rings. The van der Waals surface area contributed by atoms with Crippen molar-refractivity contribution in [3.63, 3.8) is 0 Å². The smallest absolute Gasteiger partial charge is 0.410 e. The van der Waals surface area contributed by atoms with Gasteiger partial charge in [0.15, 0.2) is 0 Å². The SMILES string of the molecule is C[C@H]1CN(Cc2cn[nH]c2-c2ccc3c(c2)CNC(=O)O3)CCN1c1cc(C#N)ccn1. The summed E-state index contributed by atoms with van der Waals surface area (Å²) in [5, 5.41) is 19.3. The lowest BCUT2D eigenvalue weighted by atomic mass is 10.0. The number of aromatic amines is 1. The second-order valence-electron chi connectivity index (χ2n) is 8.13. The molecule has 1 saturated heterocycles. The highest BCUT2D eigenvalue weighted by atomic mass is 16.6. The number of nitrogens with zero attached hydrogens (tertiary/aromatic N) is 5. The van der Waals surface area contributed by atoms with E-state index in [4.69, 9.17) is 4.74 Å². The lowest BCUT2D eigenvalue weighted by Crippen LogP contribution is -2.51. The fourth-order valence-electron chi connectivity index (χ4n) is 4.36. The second-order valence-corrected chi connectivity index (χ2v) is 8.13. The Kier molecular flexibility index (Phi) is 5.21. The number of aromatic nitrogens is 3. The van der Waals surface area contributed by atoms with Crippen molar-refractivity contribution in [2.75, 3.05) is 24.5 Å². The van der Waals surface area contributed by atoms with Crippen molar-refractivity contribution in [1.82, 2.24) is 25.4 Å². The van der Waals surface area contributed by atoms with Crippen LogP contribution in [0, 0.1) is 11.3 Å². The Hall–Kier alpha value is -3.90. The summed E-state index contributed by atoms with van der Waals surface area (Å²) in [6.45, 7) is 6.02. The molecule has 1 amide bonds. The van der Waals surface area contributed by atoms with E-state index < -0.39 is 6.09 Å². The van der Waals surface area contributed by atoms with Crippen molar-refractivity contribution in [2.24, 2.45) is 0 Å². The molecule has 3 aromatic rings. The van der Waals surface area contributed by atoms with Gasteiger partial charge in [0, 0.05) is 61.7 Å². The standard InChI is InChI=1S/C23H23N7O2/c1-15-13-29(6-7-30(15)21-8-16(10-24)4-5-25-21)14-19-12-27-28-22(19)17-2-3-20-18(9-17)11-26-23(31)32-20/h2-5,8-9,12,15H,6-7,11,13-14H2,1H3,(H,26,31)(H,27,28)/t15-/m0/s1. The molecule has 32 heavy (non-hydrogen) atoms. The van der Waals surface area contributed by atoms with E-state index in [1.165, 1.54) is 0 Å². The van der Waals surface area contributed by atoms with Crippen LogP contribution in [0.4, 0.5) is 10.6 Å². The molecule has 4 heterocycles. The molecule has 0 aliphatic carbocycles. The maximum atomic E-state index is 11.4. The Bertz CT molecular complexity index is 1200. The van der Waals surface area contributed by atoms with Crippen LogP contribution >= 0.6 is 0 Å². The first kappa shape index (κ1) is 20.0. The summed E-state index contributed by atoms with van der Waals surface area (Å²) in [4.78, 5) is 20.5. The Morgan fingerprint density at radius 2 is 2.19 bits per heavy atom. The zero-order valence-electron chi connectivity index (χ0n) is 17.7. The molecule has 1 atom stereocenters. The van der Waals surface area contributed by atoms with Crippen molar-refractivity contribution in [2.45, 2.75) is 26.1 Å². The molecule has 1 aromatic carbocycles. The van der Waals surface area contributed by atoms with E-state index in [9.17, 15) is 10.1 Å². The summed E-state index contributed by atoms with van der Waals surface area (Å²) in [6.07, 6.45) is 3.15. The molecule has 162 valence electrons. The Morgan fingerprint density at radius 3 is 3.03 bits per heavy atom. The van der Waals surface area contributed by atoms with E-state index in [0.29, 0.717) is 17.9 Å². The van der Waals surface area contributed by atoms with Gasteiger partial charge in [-0.15, -0.1) is 0 Å². The minimum absolute atomic E-state index is 0.269. The summed E-state index contributed by atoms with van der Waals surface area (Å²) in [5.74, 6) is 1.45. The third kappa shape index (κ3) is 3.88. The van der Waals surface area contributed by atoms with Crippen LogP contribution < -0.4 is 15.0 Å². The number of benzene rings is 1. The average Bonchev–Trinajstić information content (AvgIpc) is 3.27. The fourth-order valence-corrected chi connectivity index (χ4v) is 4.36. The van der Waals surface area contributed by atoms with Crippen LogP contribution in [0.25, 0.3) is 11.3 Å². The number of amides is 1. The molecule has 5 rings (SSSR count). The van der Waals surface area contributed by atoms with Crippen LogP contribution in [0.2, 0.25) is 0 Å².